The number of phenolic OH excluding ortho intramolecular Hbond substituents is 1. The van der Waals surface area contributed by atoms with Crippen molar-refractivity contribution >= 4 is 81.7 Å². The number of phenols is 1. The Morgan fingerprint density at radius 2 is 1.32 bits per heavy atom. The molecule has 2 saturated heterocycles. The molecule has 9 atom stereocenters. The molecule has 19 N–H and O–H groups in total. The van der Waals surface area contributed by atoms with Crippen LogP contribution < -0.4 is 64.6 Å². The number of aromatic hydroxyl groups is 1. The Bertz CT molecular complexity index is 3170. The van der Waals surface area contributed by atoms with Crippen molar-refractivity contribution in [1.29, 1.82) is 5.41 Å². The highest BCUT2D eigenvalue weighted by Crippen LogP contribution is 2.22. The average molecular weight is 1270 g/mol. The van der Waals surface area contributed by atoms with Gasteiger partial charge in [-0.15, -0.1) is 0 Å². The topological polar surface area (TPSA) is 472 Å². The molecule has 0 spiro atoms. The van der Waals surface area contributed by atoms with E-state index in [-0.39, 0.29) is 107 Å². The summed E-state index contributed by atoms with van der Waals surface area (Å²) in [7, 11) is 0. The number of aromatic nitrogens is 3. The average Bonchev–Trinajstić information content (AvgIpc) is 2.14. The molecule has 2 aromatic carbocycles. The normalized spacial score (nSPS) is 16.8. The van der Waals surface area contributed by atoms with E-state index in [1.165, 1.54) is 48.6 Å². The Kier molecular flexibility index (Phi) is 27.2. The van der Waals surface area contributed by atoms with Gasteiger partial charge < -0.3 is 89.7 Å². The molecule has 0 aliphatic carbocycles. The molecular weight excluding hydrogens is 1180 g/mol. The first kappa shape index (κ1) is 70.6. The zero-order valence-electron chi connectivity index (χ0n) is 51.5. The maximum absolute atomic E-state index is 14.8. The third-order valence-corrected chi connectivity index (χ3v) is 15.6. The van der Waals surface area contributed by atoms with Gasteiger partial charge in [0, 0.05) is 67.8 Å². The number of nitrogens with two attached hydrogens (primary N) is 2. The minimum atomic E-state index is -1.77. The monoisotopic (exact) mass is 1270 g/mol. The molecule has 2 fully saturated rings. The SMILES string of the molecule is CC(=O)CNC(=O)C1CCCN1C(=O)[C@H](CCCNC(=N)N)NC(=O)[C@H](CC(C)C)NC(=O)[C@@H](CCCCCN)NC(=O)[C@H](Cc1ccc(O)cc1)NC(=O)C(CO)NC(=O)[C@H](Cc1c[nH]c2ccccc12)NC(=O)[C@H](Cc1cnc[nH]1)NC(=O)[C@@H]1CCC(=O)N1. The van der Waals surface area contributed by atoms with Gasteiger partial charge >= 0.3 is 0 Å². The number of hydrogen-bond acceptors (Lipinski definition) is 16. The van der Waals surface area contributed by atoms with Crippen LogP contribution in [0.25, 0.3) is 10.9 Å². The Morgan fingerprint density at radius 1 is 0.703 bits per heavy atom. The zero-order chi connectivity index (χ0) is 66.1. The number of imidazole rings is 1. The Labute approximate surface area is 526 Å². The number of carbonyl (C=O) groups excluding carboxylic acids is 11. The molecule has 2 unspecified atom stereocenters. The second-order valence-corrected chi connectivity index (χ2v) is 23.3. The van der Waals surface area contributed by atoms with Crippen molar-refractivity contribution in [3.63, 3.8) is 0 Å². The molecule has 91 heavy (non-hydrogen) atoms. The zero-order valence-corrected chi connectivity index (χ0v) is 51.5. The summed E-state index contributed by atoms with van der Waals surface area (Å²) < 4.78 is 0. The van der Waals surface area contributed by atoms with E-state index in [1.807, 2.05) is 13.8 Å². The highest BCUT2D eigenvalue weighted by Gasteiger charge is 2.40. The number of carbonyl (C=O) groups is 11. The minimum absolute atomic E-state index is 0.0161. The number of likely N-dealkylation sites (tertiary alicyclic amines) is 1. The maximum atomic E-state index is 14.8. The van der Waals surface area contributed by atoms with Gasteiger partial charge in [-0.3, -0.25) is 58.1 Å². The molecule has 4 aromatic rings. The summed E-state index contributed by atoms with van der Waals surface area (Å²) in [6.07, 6.45) is 6.80. The second kappa shape index (κ2) is 35.1. The van der Waals surface area contributed by atoms with Gasteiger partial charge in [0.1, 0.15) is 65.9 Å². The molecular formula is C61H87N17O13. The first-order valence-corrected chi connectivity index (χ1v) is 30.7. The number of nitrogens with zero attached hydrogens (tertiary/aromatic N) is 2. The van der Waals surface area contributed by atoms with Gasteiger partial charge in [-0.05, 0) is 100 Å². The van der Waals surface area contributed by atoms with E-state index in [9.17, 15) is 63.0 Å². The lowest BCUT2D eigenvalue weighted by molar-refractivity contribution is -0.142. The molecule has 0 radical (unpaired) electrons. The molecule has 494 valence electrons. The van der Waals surface area contributed by atoms with E-state index in [0.29, 0.717) is 66.4 Å². The van der Waals surface area contributed by atoms with Crippen LogP contribution in [-0.4, -0.2) is 188 Å². The number of aromatic amines is 2. The van der Waals surface area contributed by atoms with Crippen molar-refractivity contribution in [3.05, 3.63) is 84.1 Å². The largest absolute Gasteiger partial charge is 0.508 e. The van der Waals surface area contributed by atoms with E-state index >= 15 is 0 Å². The minimum Gasteiger partial charge on any atom is -0.508 e. The van der Waals surface area contributed by atoms with Crippen LogP contribution in [0.15, 0.2) is 67.3 Å². The van der Waals surface area contributed by atoms with Gasteiger partial charge in [-0.1, -0.05) is 57.0 Å². The van der Waals surface area contributed by atoms with Crippen molar-refractivity contribution in [2.24, 2.45) is 17.4 Å². The highest BCUT2D eigenvalue weighted by atomic mass is 16.3. The number of Topliss-reactive ketones (excluding diaryl/α,β-unsaturated/α-hetero) is 1. The predicted octanol–water partition coefficient (Wildman–Crippen LogP) is -2.19. The number of guanidine groups is 1. The summed E-state index contributed by atoms with van der Waals surface area (Å²) in [5.74, 6) is -8.30. The predicted molar refractivity (Wildman–Crippen MR) is 332 cm³/mol. The van der Waals surface area contributed by atoms with Crippen LogP contribution in [0, 0.1) is 11.3 Å². The lowest BCUT2D eigenvalue weighted by Gasteiger charge is -2.31. The fourth-order valence-corrected chi connectivity index (χ4v) is 10.8. The number of hydrogen-bond donors (Lipinski definition) is 17. The van der Waals surface area contributed by atoms with Gasteiger partial charge in [-0.2, -0.15) is 0 Å². The summed E-state index contributed by atoms with van der Waals surface area (Å²) in [6.45, 7) is 4.36. The van der Waals surface area contributed by atoms with Crippen LogP contribution in [0.1, 0.15) is 108 Å². The molecule has 2 aliphatic heterocycles. The van der Waals surface area contributed by atoms with Crippen molar-refractivity contribution in [1.82, 2.24) is 73.0 Å². The van der Waals surface area contributed by atoms with E-state index in [1.54, 1.807) is 30.5 Å². The third-order valence-electron chi connectivity index (χ3n) is 15.6. The number of rotatable bonds is 36. The first-order valence-electron chi connectivity index (χ1n) is 30.7. The molecule has 2 aromatic heterocycles. The Morgan fingerprint density at radius 3 is 1.96 bits per heavy atom. The van der Waals surface area contributed by atoms with Crippen LogP contribution >= 0.6 is 0 Å². The quantitative estimate of drug-likeness (QED) is 0.0131. The molecule has 30 nitrogen and oxygen atoms in total. The van der Waals surface area contributed by atoms with E-state index in [2.05, 4.69) is 68.1 Å². The van der Waals surface area contributed by atoms with Gasteiger partial charge in [-0.25, -0.2) is 4.98 Å². The molecule has 2 aliphatic rings. The smallest absolute Gasteiger partial charge is 0.245 e. The number of nitrogens with one attached hydrogen (secondary N) is 13. The number of para-hydroxylation sites is 1. The number of benzene rings is 2. The fourth-order valence-electron chi connectivity index (χ4n) is 10.8. The molecule has 30 heteroatoms. The summed E-state index contributed by atoms with van der Waals surface area (Å²) >= 11 is 0. The fraction of sp³-hybridized carbons (Fsp3) is 0.525. The van der Waals surface area contributed by atoms with E-state index < -0.39 is 114 Å². The van der Waals surface area contributed by atoms with Gasteiger partial charge in [0.05, 0.1) is 19.5 Å². The summed E-state index contributed by atoms with van der Waals surface area (Å²) in [4.78, 5) is 164. The van der Waals surface area contributed by atoms with Gasteiger partial charge in [0.25, 0.3) is 0 Å². The second-order valence-electron chi connectivity index (χ2n) is 23.3. The number of aliphatic hydroxyl groups is 1. The Hall–Kier alpha value is -9.45. The molecule has 0 bridgehead atoms. The van der Waals surface area contributed by atoms with Crippen LogP contribution in [0.4, 0.5) is 0 Å². The number of H-pyrrole nitrogens is 2. The number of aliphatic hydroxyl groups excluding tert-OH is 1. The van der Waals surface area contributed by atoms with Gasteiger partial charge in [0.15, 0.2) is 5.96 Å². The first-order chi connectivity index (χ1) is 43.5. The van der Waals surface area contributed by atoms with Crippen LogP contribution in [0.5, 0.6) is 5.75 Å². The molecule has 4 heterocycles. The van der Waals surface area contributed by atoms with Crippen LogP contribution in [0.2, 0.25) is 0 Å². The number of fused-ring (bicyclic) bond motifs is 1. The van der Waals surface area contributed by atoms with E-state index in [4.69, 9.17) is 16.9 Å². The molecule has 6 rings (SSSR count). The standard InChI is InChI=1S/C61H87N17O13/c1-34(2)25-45(54(85)72-44(14-9-23-66-61(63)64)60(91)78-24-10-15-50(78)59(90)68-29-35(3)80)73-52(83)42(13-5-4-8-22-62)71-55(86)46(26-36-16-18-39(81)19-17-36)74-58(89)49(32-79)77-56(87)47(27-37-30-67-41-12-7-6-11-40(37)41)75-57(88)48(28-38-31-65-33-69-38)76-53(84)43-20-21-51(82)70-43/h6-7,11-12,16-19,30-31,33-34,42-50,67,79,81H,4-5,8-10,13-15,20-29,32,62H2,1-3H3,(H,65,69)(H,68,90)(H,70,82)(H,71,86)(H,72,85)(H,73,83)(H,74,89)(H,75,88)(H,76,84)(H,77,87)(H4,63,64,66)/t42-,43+,44+,45+,46+,47+,48+,49?,50?/m1/s1. The summed E-state index contributed by atoms with van der Waals surface area (Å²) in [5.41, 5.74) is 13.5. The number of amides is 10. The lowest BCUT2D eigenvalue weighted by Crippen LogP contribution is -2.61. The van der Waals surface area contributed by atoms with E-state index in [0.717, 1.165) is 0 Å². The van der Waals surface area contributed by atoms with Gasteiger partial charge in [0.2, 0.25) is 59.1 Å². The Balaban J connectivity index is 1.23. The summed E-state index contributed by atoms with van der Waals surface area (Å²) in [5, 5.41) is 55.9. The highest BCUT2D eigenvalue weighted by molar-refractivity contribution is 6.00. The summed E-state index contributed by atoms with van der Waals surface area (Å²) in [6, 6.07) is 1.06. The third kappa shape index (κ3) is 21.9. The van der Waals surface area contributed by atoms with Crippen molar-refractivity contribution < 1.29 is 63.0 Å². The van der Waals surface area contributed by atoms with Crippen LogP contribution in [0.3, 0.4) is 0 Å². The molecule has 10 amide bonds. The van der Waals surface area contributed by atoms with Crippen molar-refractivity contribution in [2.75, 3.05) is 32.8 Å². The number of ketones is 1. The van der Waals surface area contributed by atoms with Crippen molar-refractivity contribution in [2.45, 2.75) is 165 Å². The number of unbranched alkanes of at least 4 members (excludes halogenated alkanes) is 2. The lowest BCUT2D eigenvalue weighted by atomic mass is 10.00. The molecule has 0 saturated carbocycles. The van der Waals surface area contributed by atoms with Crippen molar-refractivity contribution in [3.8, 4) is 5.75 Å². The maximum Gasteiger partial charge on any atom is 0.245 e. The van der Waals surface area contributed by atoms with Crippen LogP contribution in [-0.2, 0) is 72.0 Å².